The lowest BCUT2D eigenvalue weighted by Gasteiger charge is -2.12. The van der Waals surface area contributed by atoms with E-state index in [9.17, 15) is 0 Å². The third-order valence-electron chi connectivity index (χ3n) is 7.96. The Labute approximate surface area is 200 Å². The van der Waals surface area contributed by atoms with Crippen LogP contribution in [0.4, 0.5) is 0 Å². The third-order valence-corrected chi connectivity index (χ3v) is 7.96. The van der Waals surface area contributed by atoms with Gasteiger partial charge in [0.15, 0.2) is 5.65 Å². The Morgan fingerprint density at radius 1 is 0.629 bits per heavy atom. The Morgan fingerprint density at radius 2 is 1.46 bits per heavy atom. The Morgan fingerprint density at radius 3 is 2.46 bits per heavy atom. The Kier molecular flexibility index (Phi) is 3.11. The average molecular weight is 447 g/mol. The molecule has 162 valence electrons. The number of benzene rings is 3. The van der Waals surface area contributed by atoms with Crippen LogP contribution in [0.3, 0.4) is 0 Å². The number of pyridine rings is 3. The van der Waals surface area contributed by atoms with Crippen LogP contribution in [0.15, 0.2) is 85.2 Å². The summed E-state index contributed by atoms with van der Waals surface area (Å²) in [5.41, 5.74) is 16.0. The van der Waals surface area contributed by atoms with Crippen molar-refractivity contribution in [2.75, 3.05) is 0 Å². The van der Waals surface area contributed by atoms with Crippen molar-refractivity contribution in [3.8, 4) is 22.3 Å². The first-order chi connectivity index (χ1) is 17.4. The first-order valence-electron chi connectivity index (χ1n) is 12.1. The molecule has 4 heterocycles. The molecule has 4 aromatic heterocycles. The number of aromatic nitrogens is 4. The fourth-order valence-corrected chi connectivity index (χ4v) is 6.52. The second-order valence-corrected chi connectivity index (χ2v) is 9.64. The second kappa shape index (κ2) is 6.10. The van der Waals surface area contributed by atoms with E-state index < -0.39 is 0 Å². The minimum atomic E-state index is 0.877. The maximum Gasteiger partial charge on any atom is 0.165 e. The lowest BCUT2D eigenvalue weighted by Crippen LogP contribution is -1.96. The van der Waals surface area contributed by atoms with Crippen molar-refractivity contribution in [1.29, 1.82) is 0 Å². The van der Waals surface area contributed by atoms with E-state index in [1.807, 2.05) is 30.6 Å². The monoisotopic (exact) mass is 446 g/mol. The molecule has 0 saturated heterocycles. The van der Waals surface area contributed by atoms with E-state index in [2.05, 4.69) is 59.0 Å². The molecule has 0 spiro atoms. The number of imidazole rings is 1. The molecule has 0 unspecified atom stereocenters. The molecule has 2 aliphatic carbocycles. The molecule has 0 N–H and O–H groups in total. The van der Waals surface area contributed by atoms with E-state index in [1.54, 1.807) is 0 Å². The second-order valence-electron chi connectivity index (χ2n) is 9.64. The summed E-state index contributed by atoms with van der Waals surface area (Å²) in [6, 6.07) is 26.2. The molecule has 0 bridgehead atoms. The van der Waals surface area contributed by atoms with E-state index in [-0.39, 0.29) is 0 Å². The molecule has 0 radical (unpaired) electrons. The van der Waals surface area contributed by atoms with Gasteiger partial charge >= 0.3 is 0 Å². The molecular weight excluding hydrogens is 428 g/mol. The first kappa shape index (κ1) is 17.8. The van der Waals surface area contributed by atoms with Gasteiger partial charge in [-0.1, -0.05) is 48.5 Å². The minimum absolute atomic E-state index is 0.877. The Bertz CT molecular complexity index is 2070. The van der Waals surface area contributed by atoms with Crippen LogP contribution in [0.1, 0.15) is 22.3 Å². The van der Waals surface area contributed by atoms with Crippen molar-refractivity contribution in [3.05, 3.63) is 107 Å². The van der Waals surface area contributed by atoms with Gasteiger partial charge < -0.3 is 0 Å². The molecule has 2 aliphatic rings. The predicted octanol–water partition coefficient (Wildman–Crippen LogP) is 6.73. The van der Waals surface area contributed by atoms with Crippen LogP contribution in [0.2, 0.25) is 0 Å². The van der Waals surface area contributed by atoms with Crippen molar-refractivity contribution in [2.24, 2.45) is 0 Å². The summed E-state index contributed by atoms with van der Waals surface area (Å²) in [6.07, 6.45) is 5.69. The van der Waals surface area contributed by atoms with Crippen LogP contribution in [-0.4, -0.2) is 19.4 Å². The summed E-state index contributed by atoms with van der Waals surface area (Å²) in [6.45, 7) is 0. The van der Waals surface area contributed by atoms with Crippen molar-refractivity contribution in [1.82, 2.24) is 19.4 Å². The Hall–Kier alpha value is -4.57. The van der Waals surface area contributed by atoms with Gasteiger partial charge in [-0.2, -0.15) is 0 Å². The van der Waals surface area contributed by atoms with Gasteiger partial charge in [-0.05, 0) is 81.6 Å². The molecule has 4 heteroatoms. The van der Waals surface area contributed by atoms with Crippen LogP contribution >= 0.6 is 0 Å². The molecule has 0 fully saturated rings. The highest BCUT2D eigenvalue weighted by atomic mass is 15.1. The fourth-order valence-electron chi connectivity index (χ4n) is 6.52. The minimum Gasteiger partial charge on any atom is -0.274 e. The zero-order valence-electron chi connectivity index (χ0n) is 18.8. The summed E-state index contributed by atoms with van der Waals surface area (Å²) >= 11 is 0. The van der Waals surface area contributed by atoms with Gasteiger partial charge in [0, 0.05) is 23.2 Å². The highest BCUT2D eigenvalue weighted by molar-refractivity contribution is 6.18. The molecule has 9 rings (SSSR count). The topological polar surface area (TPSA) is 43.1 Å². The molecule has 7 aromatic rings. The van der Waals surface area contributed by atoms with Crippen molar-refractivity contribution in [3.63, 3.8) is 0 Å². The third kappa shape index (κ3) is 2.11. The maximum atomic E-state index is 5.12. The Balaban J connectivity index is 1.45. The zero-order chi connectivity index (χ0) is 22.7. The van der Waals surface area contributed by atoms with Crippen molar-refractivity contribution in [2.45, 2.75) is 12.8 Å². The zero-order valence-corrected chi connectivity index (χ0v) is 18.8. The van der Waals surface area contributed by atoms with E-state index in [0.29, 0.717) is 0 Å². The number of nitrogens with zero attached hydrogens (tertiary/aromatic N) is 4. The lowest BCUT2D eigenvalue weighted by molar-refractivity contribution is 1.16. The SMILES string of the molecule is c1ccc2c(c1)Cc1c-2ccc2c1Cc1ccc3c4ncccc4n4c5ncccc5nc4c3c1-2. The maximum absolute atomic E-state index is 5.12. The van der Waals surface area contributed by atoms with Crippen LogP contribution in [0.5, 0.6) is 0 Å². The molecule has 4 nitrogen and oxygen atoms in total. The quantitative estimate of drug-likeness (QED) is 0.243. The highest BCUT2D eigenvalue weighted by Crippen LogP contribution is 2.49. The summed E-state index contributed by atoms with van der Waals surface area (Å²) in [7, 11) is 0. The van der Waals surface area contributed by atoms with E-state index >= 15 is 0 Å². The van der Waals surface area contributed by atoms with E-state index in [1.165, 1.54) is 49.9 Å². The normalized spacial score (nSPS) is 13.5. The number of fused-ring (bicyclic) bond motifs is 16. The van der Waals surface area contributed by atoms with Gasteiger partial charge in [-0.25, -0.2) is 9.97 Å². The first-order valence-corrected chi connectivity index (χ1v) is 12.1. The highest BCUT2D eigenvalue weighted by Gasteiger charge is 2.30. The van der Waals surface area contributed by atoms with Crippen molar-refractivity contribution >= 4 is 38.6 Å². The fraction of sp³-hybridized carbons (Fsp3) is 0.0645. The molecular formula is C31H18N4. The van der Waals surface area contributed by atoms with Gasteiger partial charge in [0.05, 0.1) is 11.0 Å². The van der Waals surface area contributed by atoms with Crippen LogP contribution in [-0.2, 0) is 12.8 Å². The van der Waals surface area contributed by atoms with Crippen molar-refractivity contribution < 1.29 is 0 Å². The average Bonchev–Trinajstić information content (AvgIpc) is 3.59. The molecule has 0 amide bonds. The molecule has 35 heavy (non-hydrogen) atoms. The number of hydrogen-bond donors (Lipinski definition) is 0. The van der Waals surface area contributed by atoms with Gasteiger partial charge in [-0.3, -0.25) is 9.38 Å². The summed E-state index contributed by atoms with van der Waals surface area (Å²) < 4.78 is 2.20. The van der Waals surface area contributed by atoms with Crippen LogP contribution < -0.4 is 0 Å². The van der Waals surface area contributed by atoms with E-state index in [0.717, 1.165) is 46.1 Å². The van der Waals surface area contributed by atoms with Gasteiger partial charge in [0.2, 0.25) is 0 Å². The predicted molar refractivity (Wildman–Crippen MR) is 140 cm³/mol. The number of rotatable bonds is 0. The van der Waals surface area contributed by atoms with Crippen LogP contribution in [0.25, 0.3) is 60.9 Å². The number of hydrogen-bond acceptors (Lipinski definition) is 3. The van der Waals surface area contributed by atoms with E-state index in [4.69, 9.17) is 15.0 Å². The molecule has 0 saturated carbocycles. The van der Waals surface area contributed by atoms with Gasteiger partial charge in [-0.15, -0.1) is 0 Å². The van der Waals surface area contributed by atoms with Gasteiger partial charge in [0.25, 0.3) is 0 Å². The lowest BCUT2D eigenvalue weighted by atomic mass is 9.94. The summed E-state index contributed by atoms with van der Waals surface area (Å²) in [4.78, 5) is 14.7. The molecule has 0 aliphatic heterocycles. The molecule has 3 aromatic carbocycles. The summed E-state index contributed by atoms with van der Waals surface area (Å²) in [5.74, 6) is 0. The van der Waals surface area contributed by atoms with Gasteiger partial charge in [0.1, 0.15) is 11.2 Å². The van der Waals surface area contributed by atoms with Crippen LogP contribution in [0, 0.1) is 0 Å². The largest absolute Gasteiger partial charge is 0.274 e. The molecule has 0 atom stereocenters. The standard InChI is InChI=1S/C31H18N4/c1-2-6-19-17(5-1)15-23-20(19)11-12-21-24(23)16-18-9-10-22-28(27(18)21)31-34-25-7-3-14-33-30(25)35(31)26-8-4-13-32-29(22)26/h1-14H,15-16H2. The summed E-state index contributed by atoms with van der Waals surface area (Å²) in [5, 5.41) is 2.33. The smallest absolute Gasteiger partial charge is 0.165 e.